The topological polar surface area (TPSA) is 109 Å². The Balaban J connectivity index is 1.32. The monoisotopic (exact) mass is 492 g/mol. The van der Waals surface area contributed by atoms with Crippen LogP contribution < -0.4 is 10.6 Å². The molecule has 4 aromatic rings. The van der Waals surface area contributed by atoms with Crippen molar-refractivity contribution < 1.29 is 9.59 Å². The fraction of sp³-hybridized carbons (Fsp3) is 0.375. The third-order valence-corrected chi connectivity index (χ3v) is 7.52. The van der Waals surface area contributed by atoms with Gasteiger partial charge in [-0.15, -0.1) is 11.3 Å². The van der Waals surface area contributed by atoms with Gasteiger partial charge in [-0.05, 0) is 46.2 Å². The zero-order valence-corrected chi connectivity index (χ0v) is 21.0. The Labute approximate surface area is 207 Å². The Bertz CT molecular complexity index is 1420. The van der Waals surface area contributed by atoms with E-state index in [1.165, 1.54) is 11.3 Å². The molecule has 0 spiro atoms. The number of fused-ring (bicyclic) bond motifs is 1. The van der Waals surface area contributed by atoms with Crippen LogP contribution >= 0.6 is 11.3 Å². The predicted octanol–water partition coefficient (Wildman–Crippen LogP) is 3.48. The second kappa shape index (κ2) is 9.23. The molecule has 11 heteroatoms. The average Bonchev–Trinajstić information content (AvgIpc) is 3.55. The summed E-state index contributed by atoms with van der Waals surface area (Å²) in [6.07, 6.45) is 9.27. The highest BCUT2D eigenvalue weighted by atomic mass is 32.1. The number of thiazole rings is 1. The lowest BCUT2D eigenvalue weighted by molar-refractivity contribution is -0.117. The van der Waals surface area contributed by atoms with Crippen LogP contribution in [0, 0.1) is 13.8 Å². The highest BCUT2D eigenvalue weighted by Crippen LogP contribution is 2.32. The van der Waals surface area contributed by atoms with Gasteiger partial charge in [0.2, 0.25) is 5.91 Å². The maximum atomic E-state index is 13.2. The molecule has 0 saturated carbocycles. The lowest BCUT2D eigenvalue weighted by Gasteiger charge is -2.20. The Kier molecular flexibility index (Phi) is 6.12. The fourth-order valence-corrected chi connectivity index (χ4v) is 5.56. The number of pyridine rings is 1. The number of hydrogen-bond acceptors (Lipinski definition) is 7. The van der Waals surface area contributed by atoms with Gasteiger partial charge in [0, 0.05) is 31.0 Å². The van der Waals surface area contributed by atoms with Crippen molar-refractivity contribution in [3.8, 4) is 10.4 Å². The maximum Gasteiger partial charge on any atom is 0.260 e. The van der Waals surface area contributed by atoms with Crippen LogP contribution in [0.15, 0.2) is 30.9 Å². The molecule has 0 radical (unpaired) electrons. The molecule has 1 fully saturated rings. The smallest absolute Gasteiger partial charge is 0.260 e. The molecular formula is C24H28N8O2S. The van der Waals surface area contributed by atoms with Gasteiger partial charge in [0.05, 0.1) is 52.1 Å². The standard InChI is InChI=1S/C24H28N8O2S/c1-14-6-5-7-31(14)13-22(33)27-17-8-20(16(3)25-9-17)28-23(34)18-10-26-32-12-21(35-24(18)32)19-11-30(4)29-15(19)2/h8-12,14H,5-7,13H2,1-4H3,(H,27,33)(H,28,34)/t14-/m1/s1. The number of rotatable bonds is 6. The van der Waals surface area contributed by atoms with Crippen LogP contribution in [0.5, 0.6) is 0 Å². The molecule has 2 N–H and O–H groups in total. The minimum Gasteiger partial charge on any atom is -0.324 e. The molecule has 1 aliphatic heterocycles. The predicted molar refractivity (Wildman–Crippen MR) is 136 cm³/mol. The zero-order valence-electron chi connectivity index (χ0n) is 20.2. The van der Waals surface area contributed by atoms with E-state index in [1.54, 1.807) is 27.7 Å². The van der Waals surface area contributed by atoms with Gasteiger partial charge in [-0.3, -0.25) is 24.2 Å². The summed E-state index contributed by atoms with van der Waals surface area (Å²) in [6, 6.07) is 2.16. The molecule has 1 aliphatic rings. The van der Waals surface area contributed by atoms with Crippen molar-refractivity contribution in [3.05, 3.63) is 47.8 Å². The van der Waals surface area contributed by atoms with Crippen LogP contribution in [0.1, 0.15) is 41.5 Å². The van der Waals surface area contributed by atoms with Crippen LogP contribution in [0.2, 0.25) is 0 Å². The molecule has 10 nitrogen and oxygen atoms in total. The van der Waals surface area contributed by atoms with Gasteiger partial charge in [-0.25, -0.2) is 4.52 Å². The second-order valence-electron chi connectivity index (χ2n) is 9.03. The average molecular weight is 493 g/mol. The minimum atomic E-state index is -0.282. The molecule has 0 bridgehead atoms. The first-order valence-electron chi connectivity index (χ1n) is 11.6. The van der Waals surface area contributed by atoms with Crippen molar-refractivity contribution in [2.24, 2.45) is 7.05 Å². The third-order valence-electron chi connectivity index (χ3n) is 6.38. The number of carbonyl (C=O) groups is 2. The summed E-state index contributed by atoms with van der Waals surface area (Å²) < 4.78 is 3.48. The zero-order chi connectivity index (χ0) is 24.7. The Morgan fingerprint density at radius 2 is 2.00 bits per heavy atom. The number of carbonyl (C=O) groups excluding carboxylic acids is 2. The Morgan fingerprint density at radius 3 is 2.71 bits per heavy atom. The molecule has 4 aromatic heterocycles. The van der Waals surface area contributed by atoms with Crippen molar-refractivity contribution in [1.29, 1.82) is 0 Å². The van der Waals surface area contributed by atoms with E-state index in [0.717, 1.165) is 40.4 Å². The SMILES string of the molecule is Cc1ncc(NC(=O)CN2CCC[C@H]2C)cc1NC(=O)c1cnn2cc(-c3cn(C)nc3C)sc12. The van der Waals surface area contributed by atoms with Gasteiger partial charge < -0.3 is 10.6 Å². The van der Waals surface area contributed by atoms with E-state index < -0.39 is 0 Å². The van der Waals surface area contributed by atoms with Crippen molar-refractivity contribution in [2.45, 2.75) is 39.7 Å². The summed E-state index contributed by atoms with van der Waals surface area (Å²) in [7, 11) is 1.88. The van der Waals surface area contributed by atoms with Crippen molar-refractivity contribution in [1.82, 2.24) is 29.3 Å². The van der Waals surface area contributed by atoms with Crippen molar-refractivity contribution in [2.75, 3.05) is 23.7 Å². The summed E-state index contributed by atoms with van der Waals surface area (Å²) in [5.41, 5.74) is 4.16. The van der Waals surface area contributed by atoms with Crippen LogP contribution in [-0.4, -0.2) is 60.2 Å². The quantitative estimate of drug-likeness (QED) is 0.427. The number of nitrogens with one attached hydrogen (secondary N) is 2. The third kappa shape index (κ3) is 4.69. The summed E-state index contributed by atoms with van der Waals surface area (Å²) in [5, 5.41) is 14.6. The van der Waals surface area contributed by atoms with Gasteiger partial charge >= 0.3 is 0 Å². The minimum absolute atomic E-state index is 0.0863. The summed E-state index contributed by atoms with van der Waals surface area (Å²) in [6.45, 7) is 7.20. The number of aryl methyl sites for hydroxylation is 3. The summed E-state index contributed by atoms with van der Waals surface area (Å²) in [5.74, 6) is -0.368. The summed E-state index contributed by atoms with van der Waals surface area (Å²) >= 11 is 1.49. The normalized spacial score (nSPS) is 16.2. The first kappa shape index (κ1) is 23.2. The van der Waals surface area contributed by atoms with Gasteiger partial charge in [0.1, 0.15) is 4.83 Å². The number of aromatic nitrogens is 5. The Morgan fingerprint density at radius 1 is 1.17 bits per heavy atom. The largest absolute Gasteiger partial charge is 0.324 e. The van der Waals surface area contributed by atoms with E-state index in [1.807, 2.05) is 33.3 Å². The molecule has 5 rings (SSSR count). The van der Waals surface area contributed by atoms with Gasteiger partial charge in [0.15, 0.2) is 0 Å². The number of likely N-dealkylation sites (tertiary alicyclic amines) is 1. The number of amides is 2. The molecule has 0 aromatic carbocycles. The van der Waals surface area contributed by atoms with Crippen LogP contribution in [-0.2, 0) is 11.8 Å². The molecule has 2 amide bonds. The fourth-order valence-electron chi connectivity index (χ4n) is 4.44. The second-order valence-corrected chi connectivity index (χ2v) is 10.1. The number of anilines is 2. The van der Waals surface area contributed by atoms with E-state index in [9.17, 15) is 9.59 Å². The van der Waals surface area contributed by atoms with Gasteiger partial charge in [-0.2, -0.15) is 10.2 Å². The lowest BCUT2D eigenvalue weighted by atomic mass is 10.2. The molecule has 0 aliphatic carbocycles. The van der Waals surface area contributed by atoms with E-state index in [2.05, 4.69) is 37.6 Å². The number of hydrogen-bond donors (Lipinski definition) is 2. The molecular weight excluding hydrogens is 464 g/mol. The van der Waals surface area contributed by atoms with Crippen LogP contribution in [0.4, 0.5) is 11.4 Å². The van der Waals surface area contributed by atoms with Crippen LogP contribution in [0.25, 0.3) is 15.3 Å². The number of nitrogens with zero attached hydrogens (tertiary/aromatic N) is 6. The highest BCUT2D eigenvalue weighted by molar-refractivity contribution is 7.21. The van der Waals surface area contributed by atoms with Crippen molar-refractivity contribution in [3.63, 3.8) is 0 Å². The van der Waals surface area contributed by atoms with Crippen molar-refractivity contribution >= 4 is 39.4 Å². The lowest BCUT2D eigenvalue weighted by Crippen LogP contribution is -2.35. The molecule has 0 unspecified atom stereocenters. The molecule has 5 heterocycles. The van der Waals surface area contributed by atoms with E-state index in [4.69, 9.17) is 0 Å². The van der Waals surface area contributed by atoms with Gasteiger partial charge in [0.25, 0.3) is 5.91 Å². The first-order valence-corrected chi connectivity index (χ1v) is 12.4. The molecule has 1 saturated heterocycles. The van der Waals surface area contributed by atoms with Gasteiger partial charge in [-0.1, -0.05) is 0 Å². The molecule has 35 heavy (non-hydrogen) atoms. The first-order chi connectivity index (χ1) is 16.8. The Hall–Kier alpha value is -3.57. The molecule has 182 valence electrons. The van der Waals surface area contributed by atoms with Crippen LogP contribution in [0.3, 0.4) is 0 Å². The summed E-state index contributed by atoms with van der Waals surface area (Å²) in [4.78, 5) is 34.0. The highest BCUT2D eigenvalue weighted by Gasteiger charge is 2.23. The van der Waals surface area contributed by atoms with E-state index in [0.29, 0.717) is 35.2 Å². The van der Waals surface area contributed by atoms with E-state index >= 15 is 0 Å². The van der Waals surface area contributed by atoms with E-state index in [-0.39, 0.29) is 11.8 Å². The maximum absolute atomic E-state index is 13.2. The molecule has 1 atom stereocenters.